The lowest BCUT2D eigenvalue weighted by Crippen LogP contribution is -2.56. The predicted molar refractivity (Wildman–Crippen MR) is 179 cm³/mol. The third kappa shape index (κ3) is 16.5. The van der Waals surface area contributed by atoms with Gasteiger partial charge in [0.1, 0.15) is 47.5 Å². The lowest BCUT2D eigenvalue weighted by molar-refractivity contribution is -0.261. The number of nitrogens with one attached hydrogen (secondary N) is 3. The van der Waals surface area contributed by atoms with Crippen LogP contribution in [0.3, 0.4) is 0 Å². The van der Waals surface area contributed by atoms with Gasteiger partial charge in [-0.3, -0.25) is 19.3 Å². The number of carbonyl (C=O) groups is 3. The summed E-state index contributed by atoms with van der Waals surface area (Å²) < 4.78 is 32.5. The molecule has 2 rings (SSSR count). The molecule has 23 heteroatoms. The number of hydrogen-bond acceptors (Lipinski definition) is 19. The van der Waals surface area contributed by atoms with Crippen LogP contribution in [0.2, 0.25) is 0 Å². The second-order valence-corrected chi connectivity index (χ2v) is 18.0. The van der Waals surface area contributed by atoms with Crippen LogP contribution in [-0.2, 0) is 32.7 Å². The van der Waals surface area contributed by atoms with Crippen LogP contribution < -0.4 is 16.0 Å². The predicted octanol–water partition coefficient (Wildman–Crippen LogP) is -5.52. The van der Waals surface area contributed by atoms with Crippen LogP contribution in [0.25, 0.3) is 0 Å². The summed E-state index contributed by atoms with van der Waals surface area (Å²) >= 11 is 1.64. The minimum atomic E-state index is -3.14. The van der Waals surface area contributed by atoms with Crippen molar-refractivity contribution in [2.45, 2.75) is 79.3 Å². The zero-order chi connectivity index (χ0) is 36.7. The van der Waals surface area contributed by atoms with Gasteiger partial charge in [-0.25, -0.2) is 8.42 Å². The van der Waals surface area contributed by atoms with E-state index in [4.69, 9.17) is 9.47 Å². The highest BCUT2D eigenvalue weighted by molar-refractivity contribution is 8.71. The molecule has 2 aliphatic rings. The van der Waals surface area contributed by atoms with Crippen molar-refractivity contribution in [2.75, 3.05) is 62.8 Å². The molecule has 0 unspecified atom stereocenters. The summed E-state index contributed by atoms with van der Waals surface area (Å²) in [4.78, 5) is 38.9. The Bertz CT molecular complexity index is 1090. The largest absolute Gasteiger partial charge is 0.387 e. The molecule has 0 spiro atoms. The lowest BCUT2D eigenvalue weighted by Gasteiger charge is -2.37. The average Bonchev–Trinajstić information content (AvgIpc) is 3.03. The molecule has 10 atom stereocenters. The van der Waals surface area contributed by atoms with Gasteiger partial charge in [-0.1, -0.05) is 0 Å². The Hall–Kier alpha value is -1.03. The van der Waals surface area contributed by atoms with Crippen LogP contribution >= 0.6 is 34.3 Å². The zero-order valence-electron chi connectivity index (χ0n) is 26.8. The molecule has 2 fully saturated rings. The van der Waals surface area contributed by atoms with Gasteiger partial charge in [-0.2, -0.15) is 0 Å². The zero-order valence-corrected chi connectivity index (χ0v) is 30.0. The van der Waals surface area contributed by atoms with E-state index in [-0.39, 0.29) is 43.5 Å². The number of carbonyl (C=O) groups excluding carboxylic acids is 3. The van der Waals surface area contributed by atoms with E-state index in [1.807, 2.05) is 4.90 Å². The van der Waals surface area contributed by atoms with Crippen LogP contribution in [0.5, 0.6) is 0 Å². The molecule has 0 aromatic rings. The Morgan fingerprint density at radius 1 is 0.633 bits per heavy atom. The van der Waals surface area contributed by atoms with Gasteiger partial charge in [0.2, 0.25) is 17.7 Å². The first-order valence-electron chi connectivity index (χ1n) is 15.4. The molecular weight excluding hydrogens is 737 g/mol. The molecule has 3 amide bonds. The maximum Gasteiger partial charge on any atom is 0.230 e. The highest BCUT2D eigenvalue weighted by Gasteiger charge is 2.44. The molecule has 0 radical (unpaired) electrons. The van der Waals surface area contributed by atoms with Crippen LogP contribution in [0.1, 0.15) is 19.3 Å². The van der Waals surface area contributed by atoms with E-state index in [1.54, 1.807) is 0 Å². The standard InChI is InChI=1S/C26H48N4O15S4/c1-49(42,43)48-11-3-2-4-14(31)27-5-8-30(9-6-28-15(32)12-46-25-21(38)17(34)19(36)23(40)44-25)10-7-29-16(33)13-47-26-22(39)18(35)20(37)24(41)45-26/h17-26,34-41H,2-13H2,1H3,(H,27,31)(H,28,32)(H,29,33)/t17-,18-,19+,20+,21+,22+,23-,24-,25-,26-/m0/s1. The molecule has 19 nitrogen and oxygen atoms in total. The van der Waals surface area contributed by atoms with Gasteiger partial charge >= 0.3 is 0 Å². The van der Waals surface area contributed by atoms with Crippen molar-refractivity contribution in [1.82, 2.24) is 20.9 Å². The van der Waals surface area contributed by atoms with Crippen molar-refractivity contribution in [3.63, 3.8) is 0 Å². The lowest BCUT2D eigenvalue weighted by atomic mass is 10.1. The van der Waals surface area contributed by atoms with Gasteiger partial charge < -0.3 is 66.3 Å². The van der Waals surface area contributed by atoms with Crippen LogP contribution in [0.4, 0.5) is 0 Å². The maximum absolute atomic E-state index is 12.4. The van der Waals surface area contributed by atoms with E-state index in [9.17, 15) is 63.7 Å². The molecule has 2 saturated heterocycles. The monoisotopic (exact) mass is 784 g/mol. The minimum absolute atomic E-state index is 0.153. The van der Waals surface area contributed by atoms with Crippen LogP contribution in [0.15, 0.2) is 0 Å². The number of hydrogen-bond donors (Lipinski definition) is 11. The number of aliphatic hydroxyl groups excluding tert-OH is 8. The number of aliphatic hydroxyl groups is 8. The van der Waals surface area contributed by atoms with Crippen molar-refractivity contribution in [3.05, 3.63) is 0 Å². The molecule has 2 aliphatic heterocycles. The second-order valence-electron chi connectivity index (χ2n) is 11.2. The molecular formula is C26H48N4O15S4. The van der Waals surface area contributed by atoms with Gasteiger partial charge in [-0.05, 0) is 23.6 Å². The van der Waals surface area contributed by atoms with Crippen molar-refractivity contribution < 1.29 is 73.1 Å². The Morgan fingerprint density at radius 3 is 1.45 bits per heavy atom. The van der Waals surface area contributed by atoms with Crippen molar-refractivity contribution >= 4 is 60.9 Å². The Morgan fingerprint density at radius 2 is 1.04 bits per heavy atom. The third-order valence-corrected chi connectivity index (χ3v) is 12.2. The third-order valence-electron chi connectivity index (χ3n) is 7.19. The maximum atomic E-state index is 12.4. The van der Waals surface area contributed by atoms with Gasteiger partial charge in [0.05, 0.1) is 11.5 Å². The summed E-state index contributed by atoms with van der Waals surface area (Å²) in [5, 5.41) is 86.3. The fourth-order valence-corrected chi connectivity index (χ4v) is 8.26. The number of rotatable bonds is 21. The number of amides is 3. The Labute approximate surface area is 296 Å². The first kappa shape index (κ1) is 44.1. The number of nitrogens with zero attached hydrogens (tertiary/aromatic N) is 1. The second kappa shape index (κ2) is 22.1. The normalized spacial score (nSPS) is 30.6. The van der Waals surface area contributed by atoms with Crippen LogP contribution in [0, 0.1) is 0 Å². The smallest absolute Gasteiger partial charge is 0.230 e. The van der Waals surface area contributed by atoms with Gasteiger partial charge in [0.15, 0.2) is 21.4 Å². The van der Waals surface area contributed by atoms with Crippen LogP contribution in [-0.4, -0.2) is 195 Å². The minimum Gasteiger partial charge on any atom is -0.387 e. The van der Waals surface area contributed by atoms with Gasteiger partial charge in [-0.15, -0.1) is 23.5 Å². The number of ether oxygens (including phenoxy) is 2. The van der Waals surface area contributed by atoms with E-state index < -0.39 is 80.8 Å². The topological polar surface area (TPSA) is 305 Å². The Balaban J connectivity index is 1.78. The summed E-state index contributed by atoms with van der Waals surface area (Å²) in [7, 11) is -2.31. The summed E-state index contributed by atoms with van der Waals surface area (Å²) in [6.45, 7) is 1.48. The number of unbranched alkanes of at least 4 members (excludes halogenated alkanes) is 1. The van der Waals surface area contributed by atoms with Crippen molar-refractivity contribution in [3.8, 4) is 0 Å². The fourth-order valence-electron chi connectivity index (χ4n) is 4.44. The molecule has 0 bridgehead atoms. The Kier molecular flexibility index (Phi) is 19.9. The van der Waals surface area contributed by atoms with E-state index >= 15 is 0 Å². The number of thioether (sulfide) groups is 2. The summed E-state index contributed by atoms with van der Waals surface area (Å²) in [5.74, 6) is -1.12. The molecule has 49 heavy (non-hydrogen) atoms. The van der Waals surface area contributed by atoms with E-state index in [1.165, 1.54) is 0 Å². The summed E-state index contributed by atoms with van der Waals surface area (Å²) in [5.41, 5.74) is -2.32. The van der Waals surface area contributed by atoms with E-state index in [0.717, 1.165) is 40.6 Å². The molecule has 2 heterocycles. The molecule has 0 aliphatic carbocycles. The van der Waals surface area contributed by atoms with Crippen molar-refractivity contribution in [1.29, 1.82) is 0 Å². The van der Waals surface area contributed by atoms with Gasteiger partial charge in [0, 0.05) is 57.7 Å². The highest BCUT2D eigenvalue weighted by Crippen LogP contribution is 2.28. The summed E-state index contributed by atoms with van der Waals surface area (Å²) in [6.07, 6.45) is -10.8. The molecule has 0 saturated carbocycles. The molecule has 0 aromatic carbocycles. The average molecular weight is 785 g/mol. The summed E-state index contributed by atoms with van der Waals surface area (Å²) in [6, 6.07) is 0. The molecule has 0 aromatic heterocycles. The molecule has 11 N–H and O–H groups in total. The molecule has 286 valence electrons. The van der Waals surface area contributed by atoms with E-state index in [2.05, 4.69) is 16.0 Å². The highest BCUT2D eigenvalue weighted by atomic mass is 33.1. The van der Waals surface area contributed by atoms with Gasteiger partial charge in [0.25, 0.3) is 0 Å². The van der Waals surface area contributed by atoms with E-state index in [0.29, 0.717) is 38.2 Å². The SMILES string of the molecule is CS(=O)(=O)SCCCCC(=O)NCCN(CCNC(=O)CS[C@@H]1O[C@H](O)[C@H](O)[C@H](O)[C@H]1O)CCNC(=O)CS[C@@H]1O[C@H](O)[C@H](O)[C@H](O)[C@H]1O. The fraction of sp³-hybridized carbons (Fsp3) is 0.885. The quantitative estimate of drug-likeness (QED) is 0.0382. The van der Waals surface area contributed by atoms with Crippen molar-refractivity contribution in [2.24, 2.45) is 0 Å². The first-order valence-corrected chi connectivity index (χ1v) is 20.8. The first-order chi connectivity index (χ1) is 23.0.